The zero-order chi connectivity index (χ0) is 15.1. The van der Waals surface area contributed by atoms with E-state index in [2.05, 4.69) is 32.4 Å². The van der Waals surface area contributed by atoms with Crippen LogP contribution in [0.3, 0.4) is 0 Å². The van der Waals surface area contributed by atoms with Gasteiger partial charge in [-0.3, -0.25) is 0 Å². The Kier molecular flexibility index (Phi) is 3.22. The molecule has 7 nitrogen and oxygen atoms in total. The second kappa shape index (κ2) is 5.24. The van der Waals surface area contributed by atoms with Crippen LogP contribution in [0, 0.1) is 5.92 Å². The third-order valence-electron chi connectivity index (χ3n) is 4.63. The molecule has 4 rings (SSSR count). The minimum absolute atomic E-state index is 0.160. The lowest BCUT2D eigenvalue weighted by molar-refractivity contribution is 0.244. The maximum absolute atomic E-state index is 9.28. The predicted molar refractivity (Wildman–Crippen MR) is 84.4 cm³/mol. The molecule has 0 radical (unpaired) electrons. The van der Waals surface area contributed by atoms with Crippen LogP contribution >= 0.6 is 0 Å². The van der Waals surface area contributed by atoms with Gasteiger partial charge < -0.3 is 20.7 Å². The van der Waals surface area contributed by atoms with Gasteiger partial charge in [-0.15, -0.1) is 0 Å². The van der Waals surface area contributed by atoms with Crippen molar-refractivity contribution in [3.63, 3.8) is 0 Å². The lowest BCUT2D eigenvalue weighted by Crippen LogP contribution is -2.27. The third kappa shape index (κ3) is 2.21. The van der Waals surface area contributed by atoms with Gasteiger partial charge in [0.15, 0.2) is 17.0 Å². The maximum Gasteiger partial charge on any atom is 0.224 e. The number of aromatic nitrogens is 4. The minimum Gasteiger partial charge on any atom is -0.396 e. The molecule has 2 aromatic rings. The smallest absolute Gasteiger partial charge is 0.224 e. The molecular weight excluding hydrogens is 280 g/mol. The molecule has 0 amide bonds. The molecule has 4 N–H and O–H groups in total. The van der Waals surface area contributed by atoms with Gasteiger partial charge >= 0.3 is 0 Å². The zero-order valence-corrected chi connectivity index (χ0v) is 12.3. The van der Waals surface area contributed by atoms with E-state index in [1.807, 2.05) is 4.57 Å². The monoisotopic (exact) mass is 300 g/mol. The van der Waals surface area contributed by atoms with Crippen molar-refractivity contribution >= 4 is 22.9 Å². The van der Waals surface area contributed by atoms with E-state index >= 15 is 0 Å². The Morgan fingerprint density at radius 2 is 2.18 bits per heavy atom. The van der Waals surface area contributed by atoms with Crippen LogP contribution in [0.5, 0.6) is 0 Å². The normalized spacial score (nSPS) is 24.8. The van der Waals surface area contributed by atoms with Gasteiger partial charge in [0.05, 0.1) is 12.4 Å². The number of allylic oxidation sites excluding steroid dienone is 1. The number of nitrogens with two attached hydrogens (primary N) is 1. The molecule has 1 fully saturated rings. The second-order valence-electron chi connectivity index (χ2n) is 6.16. The first-order valence-corrected chi connectivity index (χ1v) is 7.80. The molecule has 116 valence electrons. The molecule has 2 atom stereocenters. The van der Waals surface area contributed by atoms with Gasteiger partial charge in [-0.1, -0.05) is 12.2 Å². The van der Waals surface area contributed by atoms with Gasteiger partial charge in [0.1, 0.15) is 0 Å². The Bertz CT molecular complexity index is 720. The Balaban J connectivity index is 1.70. The highest BCUT2D eigenvalue weighted by molar-refractivity contribution is 5.84. The van der Waals surface area contributed by atoms with Crippen LogP contribution in [0.1, 0.15) is 31.7 Å². The number of aliphatic hydroxyl groups excluding tert-OH is 1. The van der Waals surface area contributed by atoms with Gasteiger partial charge in [-0.2, -0.15) is 9.97 Å². The molecule has 2 aliphatic rings. The molecule has 2 aromatic heterocycles. The zero-order valence-electron chi connectivity index (χ0n) is 12.3. The SMILES string of the molecule is Nc1nc(NC2CCC2)c2ncn(C3C=CC(CO)C3)c2n1. The summed E-state index contributed by atoms with van der Waals surface area (Å²) in [4.78, 5) is 13.2. The molecule has 0 bridgehead atoms. The Labute approximate surface area is 128 Å². The summed E-state index contributed by atoms with van der Waals surface area (Å²) in [6.45, 7) is 0.172. The highest BCUT2D eigenvalue weighted by Gasteiger charge is 2.24. The standard InChI is InChI=1S/C15H20N6O/c16-15-19-13(18-10-2-1-3-10)12-14(20-15)21(8-17-12)11-5-4-9(6-11)7-22/h4-5,8-11,22H,1-3,6-7H2,(H3,16,18,19,20). The van der Waals surface area contributed by atoms with E-state index < -0.39 is 0 Å². The van der Waals surface area contributed by atoms with E-state index in [0.717, 1.165) is 36.2 Å². The van der Waals surface area contributed by atoms with Crippen molar-refractivity contribution in [3.05, 3.63) is 18.5 Å². The predicted octanol–water partition coefficient (Wildman–Crippen LogP) is 1.48. The van der Waals surface area contributed by atoms with Crippen LogP contribution < -0.4 is 11.1 Å². The first-order valence-electron chi connectivity index (χ1n) is 7.80. The Hall–Kier alpha value is -2.15. The van der Waals surface area contributed by atoms with Crippen LogP contribution in [-0.2, 0) is 0 Å². The first kappa shape index (κ1) is 13.5. The van der Waals surface area contributed by atoms with Crippen LogP contribution in [-0.4, -0.2) is 37.3 Å². The number of nitrogens with zero attached hydrogens (tertiary/aromatic N) is 4. The lowest BCUT2D eigenvalue weighted by Gasteiger charge is -2.26. The highest BCUT2D eigenvalue weighted by Crippen LogP contribution is 2.32. The lowest BCUT2D eigenvalue weighted by atomic mass is 9.93. The van der Waals surface area contributed by atoms with Crippen molar-refractivity contribution in [3.8, 4) is 0 Å². The Morgan fingerprint density at radius 3 is 2.86 bits per heavy atom. The van der Waals surface area contributed by atoms with Crippen molar-refractivity contribution in [2.24, 2.45) is 5.92 Å². The highest BCUT2D eigenvalue weighted by atomic mass is 16.3. The van der Waals surface area contributed by atoms with E-state index in [1.54, 1.807) is 6.33 Å². The fourth-order valence-electron chi connectivity index (χ4n) is 3.12. The van der Waals surface area contributed by atoms with Crippen LogP contribution in [0.2, 0.25) is 0 Å². The molecule has 0 saturated heterocycles. The van der Waals surface area contributed by atoms with Crippen LogP contribution in [0.15, 0.2) is 18.5 Å². The summed E-state index contributed by atoms with van der Waals surface area (Å²) < 4.78 is 2.02. The average Bonchev–Trinajstić information content (AvgIpc) is 3.08. The van der Waals surface area contributed by atoms with Gasteiger partial charge in [-0.25, -0.2) is 4.98 Å². The number of imidazole rings is 1. The summed E-state index contributed by atoms with van der Waals surface area (Å²) in [6.07, 6.45) is 10.4. The van der Waals surface area contributed by atoms with Crippen molar-refractivity contribution < 1.29 is 5.11 Å². The average molecular weight is 300 g/mol. The van der Waals surface area contributed by atoms with Gasteiger partial charge in [-0.05, 0) is 25.7 Å². The van der Waals surface area contributed by atoms with Crippen molar-refractivity contribution in [2.45, 2.75) is 37.8 Å². The number of rotatable bonds is 4. The summed E-state index contributed by atoms with van der Waals surface area (Å²) in [5.41, 5.74) is 7.40. The number of nitrogens with one attached hydrogen (secondary N) is 1. The van der Waals surface area contributed by atoms with Crippen LogP contribution in [0.25, 0.3) is 11.2 Å². The molecule has 2 aliphatic carbocycles. The molecular formula is C15H20N6O. The number of nitrogen functional groups attached to an aromatic ring is 1. The number of hydrogen-bond acceptors (Lipinski definition) is 6. The van der Waals surface area contributed by atoms with E-state index in [-0.39, 0.29) is 24.5 Å². The first-order chi connectivity index (χ1) is 10.7. The van der Waals surface area contributed by atoms with Crippen LogP contribution in [0.4, 0.5) is 11.8 Å². The van der Waals surface area contributed by atoms with E-state index in [9.17, 15) is 5.11 Å². The molecule has 2 heterocycles. The van der Waals surface area contributed by atoms with E-state index in [1.165, 1.54) is 6.42 Å². The summed E-state index contributed by atoms with van der Waals surface area (Å²) in [5, 5.41) is 12.7. The second-order valence-corrected chi connectivity index (χ2v) is 6.16. The van der Waals surface area contributed by atoms with E-state index in [4.69, 9.17) is 5.73 Å². The number of aliphatic hydroxyl groups is 1. The molecule has 0 spiro atoms. The summed E-state index contributed by atoms with van der Waals surface area (Å²) in [7, 11) is 0. The maximum atomic E-state index is 9.28. The largest absolute Gasteiger partial charge is 0.396 e. The van der Waals surface area contributed by atoms with Gasteiger partial charge in [0, 0.05) is 18.6 Å². The fraction of sp³-hybridized carbons (Fsp3) is 0.533. The number of fused-ring (bicyclic) bond motifs is 1. The Morgan fingerprint density at radius 1 is 1.32 bits per heavy atom. The number of hydrogen-bond donors (Lipinski definition) is 3. The molecule has 0 aliphatic heterocycles. The molecule has 0 aromatic carbocycles. The summed E-state index contributed by atoms with van der Waals surface area (Å²) in [5.74, 6) is 1.19. The molecule has 7 heteroatoms. The quantitative estimate of drug-likeness (QED) is 0.739. The van der Waals surface area contributed by atoms with Crippen molar-refractivity contribution in [2.75, 3.05) is 17.7 Å². The van der Waals surface area contributed by atoms with E-state index in [0.29, 0.717) is 6.04 Å². The molecule has 2 unspecified atom stereocenters. The summed E-state index contributed by atoms with van der Waals surface area (Å²) in [6, 6.07) is 0.626. The van der Waals surface area contributed by atoms with Gasteiger partial charge in [0.2, 0.25) is 5.95 Å². The third-order valence-corrected chi connectivity index (χ3v) is 4.63. The minimum atomic E-state index is 0.160. The van der Waals surface area contributed by atoms with Crippen molar-refractivity contribution in [1.29, 1.82) is 0 Å². The molecule has 1 saturated carbocycles. The van der Waals surface area contributed by atoms with Crippen molar-refractivity contribution in [1.82, 2.24) is 19.5 Å². The summed E-state index contributed by atoms with van der Waals surface area (Å²) >= 11 is 0. The van der Waals surface area contributed by atoms with Gasteiger partial charge in [0.25, 0.3) is 0 Å². The molecule has 22 heavy (non-hydrogen) atoms. The topological polar surface area (TPSA) is 102 Å². The fourth-order valence-corrected chi connectivity index (χ4v) is 3.12. The number of anilines is 2.